The first-order valence-electron chi connectivity index (χ1n) is 7.25. The maximum Gasteiger partial charge on any atom is 0.274 e. The van der Waals surface area contributed by atoms with Gasteiger partial charge in [-0.05, 0) is 18.6 Å². The highest BCUT2D eigenvalue weighted by atomic mass is 16.6. The van der Waals surface area contributed by atoms with Gasteiger partial charge in [0.05, 0.1) is 17.5 Å². The summed E-state index contributed by atoms with van der Waals surface area (Å²) in [7, 11) is 0. The molecule has 2 aromatic rings. The highest BCUT2D eigenvalue weighted by Gasteiger charge is 2.23. The largest absolute Gasteiger partial charge is 0.328 e. The molecule has 5 heteroatoms. The number of para-hydroxylation sites is 1. The van der Waals surface area contributed by atoms with Crippen molar-refractivity contribution in [3.63, 3.8) is 0 Å². The quantitative estimate of drug-likeness (QED) is 0.462. The van der Waals surface area contributed by atoms with Gasteiger partial charge >= 0.3 is 0 Å². The van der Waals surface area contributed by atoms with Gasteiger partial charge in [0.25, 0.3) is 5.69 Å². The van der Waals surface area contributed by atoms with Gasteiger partial charge in [-0.25, -0.2) is 0 Å². The van der Waals surface area contributed by atoms with Crippen LogP contribution < -0.4 is 0 Å². The molecule has 0 aliphatic rings. The Balaban J connectivity index is 2.36. The lowest BCUT2D eigenvalue weighted by Crippen LogP contribution is -2.32. The molecule has 0 bridgehead atoms. The zero-order chi connectivity index (χ0) is 16.8. The van der Waals surface area contributed by atoms with E-state index >= 15 is 0 Å². The van der Waals surface area contributed by atoms with Crippen molar-refractivity contribution in [3.8, 4) is 0 Å². The Morgan fingerprint density at radius 3 is 2.43 bits per heavy atom. The lowest BCUT2D eigenvalue weighted by molar-refractivity contribution is -0.385. The summed E-state index contributed by atoms with van der Waals surface area (Å²) in [5.74, 6) is -0.264. The summed E-state index contributed by atoms with van der Waals surface area (Å²) in [5.41, 5.74) is 1.46. The summed E-state index contributed by atoms with van der Waals surface area (Å²) in [6.45, 7) is 5.58. The molecule has 0 radical (unpaired) electrons. The standard InChI is InChI=1S/C18H18N2O3/c1-3-18(21)19(14(2)15-9-5-4-6-10-15)13-16-11-7-8-12-17(16)20(22)23/h3-12,14H,1,13H2,2H3/t14-/m0/s1. The third-order valence-corrected chi connectivity index (χ3v) is 3.74. The van der Waals surface area contributed by atoms with E-state index in [1.54, 1.807) is 23.1 Å². The van der Waals surface area contributed by atoms with Crippen molar-refractivity contribution in [2.24, 2.45) is 0 Å². The van der Waals surface area contributed by atoms with Gasteiger partial charge in [-0.2, -0.15) is 0 Å². The Labute approximate surface area is 135 Å². The molecule has 0 aliphatic carbocycles. The van der Waals surface area contributed by atoms with Crippen LogP contribution in [-0.4, -0.2) is 15.7 Å². The molecule has 0 fully saturated rings. The number of nitro groups is 1. The molecule has 0 saturated heterocycles. The minimum Gasteiger partial charge on any atom is -0.328 e. The second-order valence-corrected chi connectivity index (χ2v) is 5.14. The van der Waals surface area contributed by atoms with Gasteiger partial charge in [-0.15, -0.1) is 0 Å². The number of nitro benzene ring substituents is 1. The fourth-order valence-corrected chi connectivity index (χ4v) is 2.44. The second kappa shape index (κ2) is 7.35. The van der Waals surface area contributed by atoms with Gasteiger partial charge in [0.1, 0.15) is 0 Å². The Kier molecular flexibility index (Phi) is 5.25. The minimum atomic E-state index is -0.431. The first-order chi connectivity index (χ1) is 11.0. The van der Waals surface area contributed by atoms with Gasteiger partial charge in [-0.1, -0.05) is 55.1 Å². The number of hydrogen-bond acceptors (Lipinski definition) is 3. The molecule has 0 aliphatic heterocycles. The Morgan fingerprint density at radius 2 is 1.83 bits per heavy atom. The van der Waals surface area contributed by atoms with E-state index in [2.05, 4.69) is 6.58 Å². The lowest BCUT2D eigenvalue weighted by Gasteiger charge is -2.28. The molecule has 1 atom stereocenters. The van der Waals surface area contributed by atoms with Crippen molar-refractivity contribution in [2.45, 2.75) is 19.5 Å². The van der Waals surface area contributed by atoms with Crippen LogP contribution in [0.5, 0.6) is 0 Å². The van der Waals surface area contributed by atoms with Gasteiger partial charge in [0.2, 0.25) is 5.91 Å². The maximum absolute atomic E-state index is 12.3. The Hall–Kier alpha value is -2.95. The number of carbonyl (C=O) groups excluding carboxylic acids is 1. The molecule has 2 aromatic carbocycles. The molecule has 0 aromatic heterocycles. The van der Waals surface area contributed by atoms with Crippen LogP contribution in [0.3, 0.4) is 0 Å². The topological polar surface area (TPSA) is 63.5 Å². The summed E-state index contributed by atoms with van der Waals surface area (Å²) < 4.78 is 0. The lowest BCUT2D eigenvalue weighted by atomic mass is 10.1. The fraction of sp³-hybridized carbons (Fsp3) is 0.167. The van der Waals surface area contributed by atoms with Crippen molar-refractivity contribution in [2.75, 3.05) is 0 Å². The van der Waals surface area contributed by atoms with Crippen molar-refractivity contribution >= 4 is 11.6 Å². The average Bonchev–Trinajstić information content (AvgIpc) is 2.59. The van der Waals surface area contributed by atoms with Gasteiger partial charge < -0.3 is 4.90 Å². The third kappa shape index (κ3) is 3.83. The molecule has 0 spiro atoms. The molecular formula is C18H18N2O3. The molecule has 23 heavy (non-hydrogen) atoms. The molecule has 0 heterocycles. The predicted octanol–water partition coefficient (Wildman–Crippen LogP) is 3.87. The van der Waals surface area contributed by atoms with Crippen LogP contribution in [0.4, 0.5) is 5.69 Å². The smallest absolute Gasteiger partial charge is 0.274 e. The molecule has 5 nitrogen and oxygen atoms in total. The molecule has 0 saturated carbocycles. The summed E-state index contributed by atoms with van der Waals surface area (Å²) in [6, 6.07) is 15.8. The van der Waals surface area contributed by atoms with E-state index in [1.165, 1.54) is 12.1 Å². The van der Waals surface area contributed by atoms with E-state index in [4.69, 9.17) is 0 Å². The van der Waals surface area contributed by atoms with Crippen LogP contribution >= 0.6 is 0 Å². The number of benzene rings is 2. The summed E-state index contributed by atoms with van der Waals surface area (Å²) >= 11 is 0. The Bertz CT molecular complexity index is 713. The van der Waals surface area contributed by atoms with Crippen molar-refractivity contribution in [1.82, 2.24) is 4.90 Å². The normalized spacial score (nSPS) is 11.5. The second-order valence-electron chi connectivity index (χ2n) is 5.14. The summed E-state index contributed by atoms with van der Waals surface area (Å²) in [5, 5.41) is 11.2. The highest BCUT2D eigenvalue weighted by molar-refractivity contribution is 5.87. The molecule has 118 valence electrons. The van der Waals surface area contributed by atoms with E-state index in [-0.39, 0.29) is 24.2 Å². The first-order valence-corrected chi connectivity index (χ1v) is 7.25. The summed E-state index contributed by atoms with van der Waals surface area (Å²) in [6.07, 6.45) is 1.23. The molecule has 2 rings (SSSR count). The van der Waals surface area contributed by atoms with Crippen molar-refractivity contribution in [1.29, 1.82) is 0 Å². The van der Waals surface area contributed by atoms with Crippen LogP contribution in [-0.2, 0) is 11.3 Å². The number of rotatable bonds is 6. The SMILES string of the molecule is C=CC(=O)N(Cc1ccccc1[N+](=O)[O-])[C@@H](C)c1ccccc1. The third-order valence-electron chi connectivity index (χ3n) is 3.74. The zero-order valence-electron chi connectivity index (χ0n) is 12.9. The van der Waals surface area contributed by atoms with Crippen molar-refractivity contribution in [3.05, 3.63) is 88.5 Å². The number of amides is 1. The number of hydrogen-bond donors (Lipinski definition) is 0. The van der Waals surface area contributed by atoms with E-state index in [0.717, 1.165) is 5.56 Å². The maximum atomic E-state index is 12.3. The van der Waals surface area contributed by atoms with E-state index in [9.17, 15) is 14.9 Å². The van der Waals surface area contributed by atoms with Crippen LogP contribution in [0.15, 0.2) is 67.3 Å². The van der Waals surface area contributed by atoms with E-state index < -0.39 is 4.92 Å². The summed E-state index contributed by atoms with van der Waals surface area (Å²) in [4.78, 5) is 24.6. The van der Waals surface area contributed by atoms with Crippen LogP contribution in [0.2, 0.25) is 0 Å². The minimum absolute atomic E-state index is 0.00891. The highest BCUT2D eigenvalue weighted by Crippen LogP contribution is 2.26. The molecule has 0 unspecified atom stereocenters. The van der Waals surface area contributed by atoms with Crippen molar-refractivity contribution < 1.29 is 9.72 Å². The average molecular weight is 310 g/mol. The first kappa shape index (κ1) is 16.4. The van der Waals surface area contributed by atoms with Crippen LogP contribution in [0, 0.1) is 10.1 Å². The van der Waals surface area contributed by atoms with Crippen LogP contribution in [0.1, 0.15) is 24.1 Å². The number of nitrogens with zero attached hydrogens (tertiary/aromatic N) is 2. The molecule has 0 N–H and O–H groups in total. The Morgan fingerprint density at radius 1 is 1.22 bits per heavy atom. The van der Waals surface area contributed by atoms with E-state index in [1.807, 2.05) is 37.3 Å². The van der Waals surface area contributed by atoms with E-state index in [0.29, 0.717) is 5.56 Å². The number of carbonyl (C=O) groups is 1. The van der Waals surface area contributed by atoms with Gasteiger partial charge in [0, 0.05) is 11.6 Å². The zero-order valence-corrected chi connectivity index (χ0v) is 12.9. The monoisotopic (exact) mass is 310 g/mol. The molecule has 1 amide bonds. The predicted molar refractivity (Wildman–Crippen MR) is 88.7 cm³/mol. The van der Waals surface area contributed by atoms with Gasteiger partial charge in [-0.3, -0.25) is 14.9 Å². The molecular weight excluding hydrogens is 292 g/mol. The van der Waals surface area contributed by atoms with Crippen LogP contribution in [0.25, 0.3) is 0 Å². The fourth-order valence-electron chi connectivity index (χ4n) is 2.44. The van der Waals surface area contributed by atoms with Gasteiger partial charge in [0.15, 0.2) is 0 Å².